The molecular weight excluding hydrogens is 657 g/mol. The first-order valence-electron chi connectivity index (χ1n) is 17.3. The Kier molecular flexibility index (Phi) is 8.62. The van der Waals surface area contributed by atoms with E-state index in [1.54, 1.807) is 48.5 Å². The summed E-state index contributed by atoms with van der Waals surface area (Å²) in [7, 11) is 0. The van der Waals surface area contributed by atoms with Gasteiger partial charge in [0.05, 0.1) is 28.0 Å². The van der Waals surface area contributed by atoms with Crippen LogP contribution in [0, 0.1) is 6.92 Å². The van der Waals surface area contributed by atoms with Crippen molar-refractivity contribution in [2.75, 3.05) is 4.90 Å². The fraction of sp³-hybridized carbons (Fsp3) is 0.0213. The molecule has 0 N–H and O–H groups in total. The number of benzene rings is 7. The topological polar surface area (TPSA) is 76.5 Å². The van der Waals surface area contributed by atoms with Gasteiger partial charge in [-0.05, 0) is 42.3 Å². The number of carbonyl (C=O) groups is 4. The molecule has 254 valence electrons. The lowest BCUT2D eigenvalue weighted by Crippen LogP contribution is -2.31. The van der Waals surface area contributed by atoms with Crippen LogP contribution in [0.3, 0.4) is 0 Å². The quantitative estimate of drug-likeness (QED) is 0.112. The summed E-state index contributed by atoms with van der Waals surface area (Å²) in [5.74, 6) is -0.802. The first kappa shape index (κ1) is 33.0. The molecule has 0 aliphatic heterocycles. The number of imide groups is 1. The second-order valence-electron chi connectivity index (χ2n) is 12.8. The monoisotopic (exact) mass is 688 g/mol. The molecule has 53 heavy (non-hydrogen) atoms. The van der Waals surface area contributed by atoms with E-state index in [1.165, 1.54) is 0 Å². The minimum absolute atomic E-state index is 0.144. The number of ketones is 2. The molecule has 0 unspecified atom stereocenters. The van der Waals surface area contributed by atoms with Crippen LogP contribution in [0.4, 0.5) is 5.69 Å². The molecule has 8 rings (SSSR count). The van der Waals surface area contributed by atoms with E-state index in [1.807, 2.05) is 133 Å². The van der Waals surface area contributed by atoms with Crippen molar-refractivity contribution in [3.63, 3.8) is 0 Å². The molecule has 0 aliphatic rings. The first-order chi connectivity index (χ1) is 25.9. The van der Waals surface area contributed by atoms with E-state index in [0.717, 1.165) is 26.8 Å². The normalized spacial score (nSPS) is 11.0. The Morgan fingerprint density at radius 3 is 1.58 bits per heavy atom. The molecule has 2 amide bonds. The molecule has 7 aromatic carbocycles. The van der Waals surface area contributed by atoms with Crippen LogP contribution >= 0.6 is 0 Å². The molecule has 0 saturated carbocycles. The molecular formula is C47H32N2O4. The second-order valence-corrected chi connectivity index (χ2v) is 12.8. The summed E-state index contributed by atoms with van der Waals surface area (Å²) in [6.45, 7) is 1.84. The Balaban J connectivity index is 1.37. The fourth-order valence-corrected chi connectivity index (χ4v) is 7.07. The smallest absolute Gasteiger partial charge is 0.267 e. The van der Waals surface area contributed by atoms with E-state index >= 15 is 0 Å². The predicted molar refractivity (Wildman–Crippen MR) is 210 cm³/mol. The zero-order valence-electron chi connectivity index (χ0n) is 28.8. The number of hydrogen-bond acceptors (Lipinski definition) is 4. The standard InChI is InChI=1S/C47H32N2O4/c1-31-14-13-23-41(44(31)47(53)48(30-50)40-22-12-11-21-37(40)32-15-5-2-6-16-32)49-42-28-35(45(51)33-17-7-3-8-18-33)24-26-38(42)39-27-25-36(29-43(39)49)46(52)34-19-9-4-10-20-34/h2-30H,1H3. The third-order valence-electron chi connectivity index (χ3n) is 9.64. The summed E-state index contributed by atoms with van der Waals surface area (Å²) in [5, 5.41) is 1.68. The molecule has 8 aromatic rings. The third-order valence-corrected chi connectivity index (χ3v) is 9.64. The van der Waals surface area contributed by atoms with Crippen molar-refractivity contribution in [1.29, 1.82) is 0 Å². The highest BCUT2D eigenvalue weighted by Gasteiger charge is 2.27. The summed E-state index contributed by atoms with van der Waals surface area (Å²) in [4.78, 5) is 56.5. The predicted octanol–water partition coefficient (Wildman–Crippen LogP) is 10.0. The lowest BCUT2D eigenvalue weighted by molar-refractivity contribution is -0.106. The van der Waals surface area contributed by atoms with Gasteiger partial charge >= 0.3 is 0 Å². The van der Waals surface area contributed by atoms with Gasteiger partial charge in [0.2, 0.25) is 6.41 Å². The maximum absolute atomic E-state index is 14.9. The van der Waals surface area contributed by atoms with Gasteiger partial charge in [0.25, 0.3) is 5.91 Å². The van der Waals surface area contributed by atoms with Crippen molar-refractivity contribution in [1.82, 2.24) is 4.57 Å². The molecule has 0 fully saturated rings. The minimum Gasteiger partial charge on any atom is -0.308 e. The van der Waals surface area contributed by atoms with Crippen LogP contribution in [0.15, 0.2) is 170 Å². The average Bonchev–Trinajstić information content (AvgIpc) is 3.54. The summed E-state index contributed by atoms with van der Waals surface area (Å²) in [6.07, 6.45) is 0.555. The van der Waals surface area contributed by atoms with Gasteiger partial charge in [-0.1, -0.05) is 146 Å². The number of anilines is 1. The Bertz CT molecular complexity index is 2590. The molecule has 1 heterocycles. The van der Waals surface area contributed by atoms with Gasteiger partial charge in [0.1, 0.15) is 0 Å². The molecule has 6 heteroatoms. The molecule has 0 atom stereocenters. The number of fused-ring (bicyclic) bond motifs is 3. The maximum Gasteiger partial charge on any atom is 0.267 e. The van der Waals surface area contributed by atoms with E-state index < -0.39 is 5.91 Å². The maximum atomic E-state index is 14.9. The minimum atomic E-state index is -0.514. The lowest BCUT2D eigenvalue weighted by atomic mass is 10.0. The molecule has 0 radical (unpaired) electrons. The van der Waals surface area contributed by atoms with Crippen LogP contribution in [0.5, 0.6) is 0 Å². The Morgan fingerprint density at radius 1 is 0.528 bits per heavy atom. The van der Waals surface area contributed by atoms with E-state index in [2.05, 4.69) is 0 Å². The SMILES string of the molecule is Cc1cccc(-n2c3cc(C(=O)c4ccccc4)ccc3c3ccc(C(=O)c4ccccc4)cc32)c1C(=O)N(C=O)c1ccccc1-c1ccccc1. The number of aryl methyl sites for hydroxylation is 1. The number of nitrogens with zero attached hydrogens (tertiary/aromatic N) is 2. The van der Waals surface area contributed by atoms with Gasteiger partial charge in [-0.15, -0.1) is 0 Å². The van der Waals surface area contributed by atoms with Gasteiger partial charge in [0.15, 0.2) is 11.6 Å². The zero-order valence-corrected chi connectivity index (χ0v) is 28.8. The van der Waals surface area contributed by atoms with Crippen LogP contribution in [-0.2, 0) is 4.79 Å². The van der Waals surface area contributed by atoms with Gasteiger partial charge in [-0.25, -0.2) is 4.90 Å². The van der Waals surface area contributed by atoms with Gasteiger partial charge < -0.3 is 4.57 Å². The molecule has 0 spiro atoms. The van der Waals surface area contributed by atoms with Crippen LogP contribution in [0.25, 0.3) is 38.6 Å². The van der Waals surface area contributed by atoms with Gasteiger partial charge in [-0.3, -0.25) is 19.2 Å². The molecule has 0 saturated heterocycles. The van der Waals surface area contributed by atoms with Gasteiger partial charge in [0, 0.05) is 38.6 Å². The number of para-hydroxylation sites is 1. The number of carbonyl (C=O) groups excluding carboxylic acids is 4. The number of aromatic nitrogens is 1. The van der Waals surface area contributed by atoms with Gasteiger partial charge in [-0.2, -0.15) is 0 Å². The zero-order chi connectivity index (χ0) is 36.5. The fourth-order valence-electron chi connectivity index (χ4n) is 7.07. The molecule has 0 aliphatic carbocycles. The van der Waals surface area contributed by atoms with E-state index in [0.29, 0.717) is 62.2 Å². The largest absolute Gasteiger partial charge is 0.308 e. The highest BCUT2D eigenvalue weighted by molar-refractivity contribution is 6.21. The lowest BCUT2D eigenvalue weighted by Gasteiger charge is -2.23. The van der Waals surface area contributed by atoms with Crippen LogP contribution in [0.2, 0.25) is 0 Å². The van der Waals surface area contributed by atoms with E-state index in [9.17, 15) is 19.2 Å². The number of rotatable bonds is 9. The first-order valence-corrected chi connectivity index (χ1v) is 17.3. The van der Waals surface area contributed by atoms with E-state index in [-0.39, 0.29) is 11.6 Å². The van der Waals surface area contributed by atoms with Crippen molar-refractivity contribution in [3.05, 3.63) is 203 Å². The highest BCUT2D eigenvalue weighted by Crippen LogP contribution is 2.37. The van der Waals surface area contributed by atoms with Crippen molar-refractivity contribution in [2.45, 2.75) is 6.92 Å². The molecule has 1 aromatic heterocycles. The van der Waals surface area contributed by atoms with Crippen molar-refractivity contribution >= 4 is 51.4 Å². The van der Waals surface area contributed by atoms with Crippen LogP contribution in [0.1, 0.15) is 47.8 Å². The Hall–Kier alpha value is -7.18. The van der Waals surface area contributed by atoms with Crippen molar-refractivity contribution in [3.8, 4) is 16.8 Å². The van der Waals surface area contributed by atoms with E-state index in [4.69, 9.17) is 0 Å². The molecule has 6 nitrogen and oxygen atoms in total. The summed E-state index contributed by atoms with van der Waals surface area (Å²) < 4.78 is 1.93. The van der Waals surface area contributed by atoms with Crippen LogP contribution < -0.4 is 4.90 Å². The highest BCUT2D eigenvalue weighted by atomic mass is 16.2. The Labute approximate surface area is 306 Å². The third kappa shape index (κ3) is 5.92. The summed E-state index contributed by atoms with van der Waals surface area (Å²) in [6, 6.07) is 51.7. The summed E-state index contributed by atoms with van der Waals surface area (Å²) >= 11 is 0. The average molecular weight is 689 g/mol. The van der Waals surface area contributed by atoms with Crippen molar-refractivity contribution < 1.29 is 19.2 Å². The summed E-state index contributed by atoms with van der Waals surface area (Å²) in [5.41, 5.74) is 6.90. The van der Waals surface area contributed by atoms with Crippen LogP contribution in [-0.4, -0.2) is 28.5 Å². The number of hydrogen-bond donors (Lipinski definition) is 0. The Morgan fingerprint density at radius 2 is 1.04 bits per heavy atom. The van der Waals surface area contributed by atoms with Crippen molar-refractivity contribution in [2.24, 2.45) is 0 Å². The second kappa shape index (κ2) is 13.9. The number of amides is 2. The molecule has 0 bridgehead atoms.